The van der Waals surface area contributed by atoms with E-state index in [1.54, 1.807) is 20.0 Å². The Hall–Kier alpha value is -5.63. The Morgan fingerprint density at radius 2 is 1.58 bits per heavy atom. The van der Waals surface area contributed by atoms with Crippen LogP contribution in [0.2, 0.25) is 0 Å². The van der Waals surface area contributed by atoms with E-state index in [-0.39, 0.29) is 43.3 Å². The predicted molar refractivity (Wildman–Crippen MR) is 242 cm³/mol. The minimum atomic E-state index is -1.76. The predicted octanol–water partition coefficient (Wildman–Crippen LogP) is -3.50. The van der Waals surface area contributed by atoms with E-state index in [4.69, 9.17) is 17.2 Å². The first-order valence-corrected chi connectivity index (χ1v) is 23.6. The summed E-state index contributed by atoms with van der Waals surface area (Å²) in [5.41, 5.74) is 18.5. The molecule has 25 heteroatoms. The van der Waals surface area contributed by atoms with Gasteiger partial charge in [-0.2, -0.15) is 0 Å². The number of aliphatic imine (C=N–C) groups is 1. The monoisotopic (exact) mass is 948 g/mol. The van der Waals surface area contributed by atoms with E-state index in [0.717, 1.165) is 32.5 Å². The first kappa shape index (κ1) is 52.0. The lowest BCUT2D eigenvalue weighted by Crippen LogP contribution is -2.62. The van der Waals surface area contributed by atoms with Crippen molar-refractivity contribution in [3.05, 3.63) is 36.0 Å². The Balaban J connectivity index is 1.53. The van der Waals surface area contributed by atoms with Gasteiger partial charge in [0.25, 0.3) is 0 Å². The molecule has 23 nitrogen and oxygen atoms in total. The highest BCUT2D eigenvalue weighted by molar-refractivity contribution is 8.76. The number of aromatic nitrogens is 1. The van der Waals surface area contributed by atoms with Crippen molar-refractivity contribution in [3.8, 4) is 0 Å². The maximum atomic E-state index is 14.2. The number of aliphatic hydroxyl groups excluding tert-OH is 2. The van der Waals surface area contributed by atoms with E-state index in [1.807, 2.05) is 24.3 Å². The van der Waals surface area contributed by atoms with E-state index in [0.29, 0.717) is 24.9 Å². The van der Waals surface area contributed by atoms with Gasteiger partial charge in [-0.3, -0.25) is 38.6 Å². The van der Waals surface area contributed by atoms with E-state index < -0.39 is 114 Å². The number of hydrogen-bond donors (Lipinski definition) is 13. The third kappa shape index (κ3) is 14.7. The molecule has 16 N–H and O–H groups in total. The number of aliphatic carboxylic acids is 1. The Kier molecular flexibility index (Phi) is 19.7. The number of nitrogens with two attached hydrogens (primary N) is 3. The topological polar surface area (TPSA) is 379 Å². The molecule has 0 aliphatic carbocycles. The van der Waals surface area contributed by atoms with Gasteiger partial charge in [-0.1, -0.05) is 53.6 Å². The average molecular weight is 949 g/mol. The average Bonchev–Trinajstić information content (AvgIpc) is 3.92. The molecule has 0 radical (unpaired) electrons. The smallest absolute Gasteiger partial charge is 0.326 e. The molecule has 0 saturated carbocycles. The number of aromatic amines is 1. The van der Waals surface area contributed by atoms with Gasteiger partial charge in [0.15, 0.2) is 5.96 Å². The normalized spacial score (nSPS) is 21.9. The lowest BCUT2D eigenvalue weighted by molar-refractivity contribution is -0.143. The van der Waals surface area contributed by atoms with Crippen LogP contribution in [0.25, 0.3) is 10.9 Å². The number of carboxylic acids is 1. The summed E-state index contributed by atoms with van der Waals surface area (Å²) >= 11 is 0. The largest absolute Gasteiger partial charge is 0.480 e. The number of fused-ring (bicyclic) bond motifs is 2. The molecule has 2 saturated heterocycles. The highest BCUT2D eigenvalue weighted by atomic mass is 33.1. The van der Waals surface area contributed by atoms with Crippen LogP contribution in [0.3, 0.4) is 0 Å². The molecule has 358 valence electrons. The molecule has 0 spiro atoms. The van der Waals surface area contributed by atoms with Gasteiger partial charge < -0.3 is 74.3 Å². The molecule has 1 aromatic carbocycles. The summed E-state index contributed by atoms with van der Waals surface area (Å²) in [4.78, 5) is 116. The molecule has 0 unspecified atom stereocenters. The molecular formula is C40H60N12O11S2. The van der Waals surface area contributed by atoms with E-state index >= 15 is 0 Å². The van der Waals surface area contributed by atoms with Crippen LogP contribution in [0.4, 0.5) is 0 Å². The SMILES string of the molecule is CC(C)[C@H](NC(=O)[C@H](CCCN=C(N)N)NC(=O)[C@@H](NC(=O)[C@H](CO)NC(=O)[C@@H]1CSSC[C@H](N)C(=O)N2CCC[C@H]2C(=O)N[C@@H](Cc2c[nH]c3ccccc23)C(=O)N1)[C@@H](C)O)C(=O)O. The molecule has 9 atom stereocenters. The third-order valence-corrected chi connectivity index (χ3v) is 13.2. The molecule has 1 aromatic heterocycles. The summed E-state index contributed by atoms with van der Waals surface area (Å²) in [6, 6.07) is -3.38. The zero-order valence-corrected chi connectivity index (χ0v) is 37.9. The maximum absolute atomic E-state index is 14.2. The maximum Gasteiger partial charge on any atom is 0.326 e. The Morgan fingerprint density at radius 1 is 0.908 bits per heavy atom. The van der Waals surface area contributed by atoms with Crippen LogP contribution >= 0.6 is 21.6 Å². The number of hydrogen-bond acceptors (Lipinski definition) is 14. The summed E-state index contributed by atoms with van der Waals surface area (Å²) in [6.07, 6.45) is 1.04. The molecule has 2 aliphatic rings. The number of nitrogens with one attached hydrogen (secondary N) is 7. The van der Waals surface area contributed by atoms with E-state index in [2.05, 4.69) is 41.9 Å². The lowest BCUT2D eigenvalue weighted by Gasteiger charge is -2.30. The minimum absolute atomic E-state index is 0.0148. The second-order valence-corrected chi connectivity index (χ2v) is 18.7. The number of carbonyl (C=O) groups excluding carboxylic acids is 7. The van der Waals surface area contributed by atoms with Crippen molar-refractivity contribution < 1.29 is 53.7 Å². The highest BCUT2D eigenvalue weighted by Crippen LogP contribution is 2.26. The zero-order valence-electron chi connectivity index (χ0n) is 36.3. The number of rotatable bonds is 18. The van der Waals surface area contributed by atoms with Crippen LogP contribution in [0.1, 0.15) is 52.0 Å². The molecule has 2 aromatic rings. The van der Waals surface area contributed by atoms with Crippen molar-refractivity contribution in [2.24, 2.45) is 28.1 Å². The van der Waals surface area contributed by atoms with Gasteiger partial charge in [-0.05, 0) is 50.2 Å². The van der Waals surface area contributed by atoms with Crippen molar-refractivity contribution in [2.75, 3.05) is 31.2 Å². The van der Waals surface area contributed by atoms with Crippen molar-refractivity contribution >= 4 is 85.8 Å². The molecule has 2 aliphatic heterocycles. The number of aliphatic hydroxyl groups is 2. The standard InChI is InChI=1S/C40H60N12O11S2/c1-19(2)30(39(62)63)50-32(55)25(10-6-12-44-40(42)43)46-37(60)31(20(3)54)51-34(57)27(16-53)48-35(58)28-18-65-64-17-23(41)38(61)52-13-7-11-29(52)36(59)47-26(33(56)49-28)14-21-15-45-24-9-5-4-8-22(21)24/h4-5,8-9,15,19-20,23,25-31,45,53-54H,6-7,10-14,16-18,41H2,1-3H3,(H,46,60)(H,47,59)(H,48,58)(H,49,56)(H,50,55)(H,51,57)(H,62,63)(H4,42,43,44)/t20-,23+,25+,26+,27+,28+,29+,30+,31+/m1/s1. The molecule has 0 bridgehead atoms. The van der Waals surface area contributed by atoms with Crippen LogP contribution in [0.15, 0.2) is 35.5 Å². The number of H-pyrrole nitrogens is 1. The van der Waals surface area contributed by atoms with Gasteiger partial charge in [0.05, 0.1) is 18.8 Å². The summed E-state index contributed by atoms with van der Waals surface area (Å²) in [6.45, 7) is 3.66. The molecule has 4 rings (SSSR count). The second kappa shape index (κ2) is 24.6. The van der Waals surface area contributed by atoms with E-state index in [9.17, 15) is 53.7 Å². The lowest BCUT2D eigenvalue weighted by atomic mass is 10.0. The summed E-state index contributed by atoms with van der Waals surface area (Å²) in [7, 11) is 2.26. The van der Waals surface area contributed by atoms with Crippen LogP contribution < -0.4 is 49.1 Å². The van der Waals surface area contributed by atoms with Gasteiger partial charge in [0, 0.05) is 48.1 Å². The first-order valence-electron chi connectivity index (χ1n) is 21.1. The van der Waals surface area contributed by atoms with Crippen LogP contribution in [-0.2, 0) is 44.8 Å². The number of nitrogens with zero attached hydrogens (tertiary/aromatic N) is 2. The van der Waals surface area contributed by atoms with Crippen LogP contribution in [-0.4, -0.2) is 164 Å². The Morgan fingerprint density at radius 3 is 2.25 bits per heavy atom. The number of benzene rings is 1. The Labute approximate surface area is 382 Å². The fourth-order valence-corrected chi connectivity index (χ4v) is 9.48. The van der Waals surface area contributed by atoms with Crippen LogP contribution in [0, 0.1) is 5.92 Å². The number of para-hydroxylation sites is 1. The van der Waals surface area contributed by atoms with E-state index in [1.165, 1.54) is 11.8 Å². The van der Waals surface area contributed by atoms with Crippen molar-refractivity contribution in [1.82, 2.24) is 41.8 Å². The fourth-order valence-electron chi connectivity index (χ4n) is 7.20. The van der Waals surface area contributed by atoms with Gasteiger partial charge in [0.1, 0.15) is 42.3 Å². The number of carbonyl (C=O) groups is 8. The first-order chi connectivity index (χ1) is 30.8. The van der Waals surface area contributed by atoms with Crippen molar-refractivity contribution in [3.63, 3.8) is 0 Å². The Bertz CT molecular complexity index is 2070. The summed E-state index contributed by atoms with van der Waals surface area (Å²) in [5.74, 6) is -7.89. The number of guanidine groups is 1. The third-order valence-electron chi connectivity index (χ3n) is 10.8. The highest BCUT2D eigenvalue weighted by Gasteiger charge is 2.40. The van der Waals surface area contributed by atoms with Gasteiger partial charge >= 0.3 is 5.97 Å². The number of carboxylic acid groups (broad SMARTS) is 1. The minimum Gasteiger partial charge on any atom is -0.480 e. The van der Waals surface area contributed by atoms with Crippen molar-refractivity contribution in [1.29, 1.82) is 0 Å². The summed E-state index contributed by atoms with van der Waals surface area (Å²) in [5, 5.41) is 46.3. The molecule has 2 fully saturated rings. The molecular weight excluding hydrogens is 889 g/mol. The van der Waals surface area contributed by atoms with Crippen molar-refractivity contribution in [2.45, 2.75) is 107 Å². The fraction of sp³-hybridized carbons (Fsp3) is 0.575. The molecule has 3 heterocycles. The zero-order chi connectivity index (χ0) is 48.0. The second-order valence-electron chi connectivity index (χ2n) is 16.1. The quantitative estimate of drug-likeness (QED) is 0.0298. The van der Waals surface area contributed by atoms with Gasteiger partial charge in [-0.15, -0.1) is 0 Å². The van der Waals surface area contributed by atoms with Gasteiger partial charge in [-0.25, -0.2) is 4.79 Å². The summed E-state index contributed by atoms with van der Waals surface area (Å²) < 4.78 is 0. The number of amides is 7. The molecule has 65 heavy (non-hydrogen) atoms. The molecule has 7 amide bonds. The van der Waals surface area contributed by atoms with Gasteiger partial charge in [0.2, 0.25) is 41.4 Å². The van der Waals surface area contributed by atoms with Crippen LogP contribution in [0.5, 0.6) is 0 Å².